The van der Waals surface area contributed by atoms with Crippen molar-refractivity contribution in [3.05, 3.63) is 0 Å². The first kappa shape index (κ1) is 4.57. The SMILES string of the molecule is FCC1(Br)CC1. The fourth-order valence-corrected chi connectivity index (χ4v) is 0.468. The zero-order chi connectivity index (χ0) is 4.62. The Kier molecular flexibility index (Phi) is 0.904. The lowest BCUT2D eigenvalue weighted by Gasteiger charge is -1.90. The second kappa shape index (κ2) is 1.19. The molecular formula is C4H6BrF. The predicted octanol–water partition coefficient (Wildman–Crippen LogP) is 1.88. The van der Waals surface area contributed by atoms with Crippen LogP contribution in [0.4, 0.5) is 4.39 Å². The highest BCUT2D eigenvalue weighted by Gasteiger charge is 2.39. The summed E-state index contributed by atoms with van der Waals surface area (Å²) < 4.78 is 11.5. The molecule has 0 heterocycles. The molecule has 0 aliphatic heterocycles. The van der Waals surface area contributed by atoms with Gasteiger partial charge < -0.3 is 0 Å². The maximum absolute atomic E-state index is 11.5. The fraction of sp³-hybridized carbons (Fsp3) is 1.00. The molecule has 0 saturated heterocycles. The molecule has 0 atom stereocenters. The Labute approximate surface area is 44.9 Å². The third-order valence-electron chi connectivity index (χ3n) is 1.03. The standard InChI is InChI=1S/C4H6BrF/c5-4(3-6)1-2-4/h1-3H2. The second-order valence-corrected chi connectivity index (χ2v) is 3.47. The Morgan fingerprint density at radius 2 is 2.17 bits per heavy atom. The summed E-state index contributed by atoms with van der Waals surface area (Å²) in [5.74, 6) is 0. The first-order valence-corrected chi connectivity index (χ1v) is 2.81. The largest absolute Gasteiger partial charge is 0.250 e. The molecule has 0 aromatic rings. The predicted molar refractivity (Wildman–Crippen MR) is 26.9 cm³/mol. The number of hydrogen-bond acceptors (Lipinski definition) is 0. The molecule has 36 valence electrons. The highest BCUT2D eigenvalue weighted by atomic mass is 79.9. The Balaban J connectivity index is 2.28. The Bertz CT molecular complexity index is 58.6. The van der Waals surface area contributed by atoms with E-state index >= 15 is 0 Å². The molecule has 0 unspecified atom stereocenters. The van der Waals surface area contributed by atoms with Crippen molar-refractivity contribution in [2.24, 2.45) is 0 Å². The van der Waals surface area contributed by atoms with E-state index in [-0.39, 0.29) is 11.0 Å². The van der Waals surface area contributed by atoms with Crippen LogP contribution in [0.25, 0.3) is 0 Å². The summed E-state index contributed by atoms with van der Waals surface area (Å²) in [5, 5.41) is 0. The van der Waals surface area contributed by atoms with E-state index in [2.05, 4.69) is 15.9 Å². The summed E-state index contributed by atoms with van der Waals surface area (Å²) in [6.07, 6.45) is 2.03. The van der Waals surface area contributed by atoms with Crippen molar-refractivity contribution in [3.8, 4) is 0 Å². The van der Waals surface area contributed by atoms with E-state index in [1.165, 1.54) is 0 Å². The van der Waals surface area contributed by atoms with E-state index in [9.17, 15) is 4.39 Å². The summed E-state index contributed by atoms with van der Waals surface area (Å²) in [6.45, 7) is -0.201. The fourth-order valence-electron chi connectivity index (χ4n) is 0.269. The molecule has 0 aromatic carbocycles. The van der Waals surface area contributed by atoms with E-state index < -0.39 is 0 Å². The highest BCUT2D eigenvalue weighted by Crippen LogP contribution is 2.44. The van der Waals surface area contributed by atoms with Gasteiger partial charge in [0.25, 0.3) is 0 Å². The molecule has 1 rings (SSSR count). The molecule has 0 N–H and O–H groups in total. The minimum Gasteiger partial charge on any atom is -0.250 e. The van der Waals surface area contributed by atoms with Crippen LogP contribution in [0, 0.1) is 0 Å². The van der Waals surface area contributed by atoms with Gasteiger partial charge in [-0.15, -0.1) is 0 Å². The molecule has 2 heteroatoms. The van der Waals surface area contributed by atoms with Gasteiger partial charge in [0.05, 0.1) is 4.32 Å². The topological polar surface area (TPSA) is 0 Å². The van der Waals surface area contributed by atoms with E-state index in [4.69, 9.17) is 0 Å². The normalized spacial score (nSPS) is 27.0. The van der Waals surface area contributed by atoms with Gasteiger partial charge in [-0.05, 0) is 12.8 Å². The lowest BCUT2D eigenvalue weighted by atomic mass is 10.5. The van der Waals surface area contributed by atoms with Crippen LogP contribution in [0.2, 0.25) is 0 Å². The zero-order valence-corrected chi connectivity index (χ0v) is 4.96. The molecule has 0 spiro atoms. The van der Waals surface area contributed by atoms with Gasteiger partial charge in [0, 0.05) is 0 Å². The Hall–Kier alpha value is 0.410. The van der Waals surface area contributed by atoms with Crippen molar-refractivity contribution in [1.29, 1.82) is 0 Å². The minimum atomic E-state index is -0.201. The van der Waals surface area contributed by atoms with Crippen molar-refractivity contribution in [2.75, 3.05) is 6.67 Å². The number of hydrogen-bond donors (Lipinski definition) is 0. The van der Waals surface area contributed by atoms with E-state index in [0.717, 1.165) is 12.8 Å². The van der Waals surface area contributed by atoms with Crippen molar-refractivity contribution in [2.45, 2.75) is 17.2 Å². The molecule has 0 radical (unpaired) electrons. The third kappa shape index (κ3) is 0.725. The third-order valence-corrected chi connectivity index (χ3v) is 2.04. The monoisotopic (exact) mass is 152 g/mol. The summed E-state index contributed by atoms with van der Waals surface area (Å²) in [4.78, 5) is 0. The van der Waals surface area contributed by atoms with Crippen LogP contribution in [0.1, 0.15) is 12.8 Å². The van der Waals surface area contributed by atoms with Crippen molar-refractivity contribution < 1.29 is 4.39 Å². The lowest BCUT2D eigenvalue weighted by Crippen LogP contribution is -1.96. The smallest absolute Gasteiger partial charge is 0.105 e. The molecule has 1 fully saturated rings. The van der Waals surface area contributed by atoms with Gasteiger partial charge in [-0.1, -0.05) is 15.9 Å². The first-order chi connectivity index (χ1) is 2.77. The van der Waals surface area contributed by atoms with Crippen LogP contribution in [0.5, 0.6) is 0 Å². The average Bonchev–Trinajstić information content (AvgIpc) is 2.22. The van der Waals surface area contributed by atoms with Gasteiger partial charge >= 0.3 is 0 Å². The van der Waals surface area contributed by atoms with Crippen LogP contribution < -0.4 is 0 Å². The van der Waals surface area contributed by atoms with Gasteiger partial charge in [0.1, 0.15) is 6.67 Å². The number of rotatable bonds is 1. The molecule has 6 heavy (non-hydrogen) atoms. The summed E-state index contributed by atoms with van der Waals surface area (Å²) in [7, 11) is 0. The second-order valence-electron chi connectivity index (χ2n) is 1.78. The minimum absolute atomic E-state index is 0.0625. The first-order valence-electron chi connectivity index (χ1n) is 2.02. The Morgan fingerprint density at radius 1 is 1.67 bits per heavy atom. The van der Waals surface area contributed by atoms with Crippen LogP contribution in [0.3, 0.4) is 0 Å². The van der Waals surface area contributed by atoms with Crippen molar-refractivity contribution in [1.82, 2.24) is 0 Å². The molecule has 0 amide bonds. The van der Waals surface area contributed by atoms with Crippen molar-refractivity contribution in [3.63, 3.8) is 0 Å². The van der Waals surface area contributed by atoms with Gasteiger partial charge in [-0.25, -0.2) is 4.39 Å². The van der Waals surface area contributed by atoms with Crippen LogP contribution in [0.15, 0.2) is 0 Å². The molecule has 0 bridgehead atoms. The maximum Gasteiger partial charge on any atom is 0.105 e. The maximum atomic E-state index is 11.5. The van der Waals surface area contributed by atoms with Gasteiger partial charge in [0.2, 0.25) is 0 Å². The molecule has 1 aliphatic rings. The zero-order valence-electron chi connectivity index (χ0n) is 3.38. The highest BCUT2D eigenvalue weighted by molar-refractivity contribution is 9.10. The van der Waals surface area contributed by atoms with Crippen LogP contribution in [-0.2, 0) is 0 Å². The molecule has 0 aromatic heterocycles. The molecule has 0 nitrogen and oxygen atoms in total. The quantitative estimate of drug-likeness (QED) is 0.504. The van der Waals surface area contributed by atoms with E-state index in [1.54, 1.807) is 0 Å². The molecule has 1 saturated carbocycles. The van der Waals surface area contributed by atoms with Crippen molar-refractivity contribution >= 4 is 15.9 Å². The van der Waals surface area contributed by atoms with Gasteiger partial charge in [-0.2, -0.15) is 0 Å². The van der Waals surface area contributed by atoms with Crippen LogP contribution in [-0.4, -0.2) is 11.0 Å². The number of alkyl halides is 2. The van der Waals surface area contributed by atoms with Gasteiger partial charge in [0.15, 0.2) is 0 Å². The van der Waals surface area contributed by atoms with Crippen LogP contribution >= 0.6 is 15.9 Å². The van der Waals surface area contributed by atoms with E-state index in [1.807, 2.05) is 0 Å². The summed E-state index contributed by atoms with van der Waals surface area (Å²) in [6, 6.07) is 0. The summed E-state index contributed by atoms with van der Waals surface area (Å²) >= 11 is 3.21. The molecule has 1 aliphatic carbocycles. The van der Waals surface area contributed by atoms with Gasteiger partial charge in [-0.3, -0.25) is 0 Å². The lowest BCUT2D eigenvalue weighted by molar-refractivity contribution is 0.481. The molecular weight excluding hydrogens is 147 g/mol. The average molecular weight is 153 g/mol. The Morgan fingerprint density at radius 3 is 2.17 bits per heavy atom. The summed E-state index contributed by atoms with van der Waals surface area (Å²) in [5.41, 5.74) is 0. The van der Waals surface area contributed by atoms with E-state index in [0.29, 0.717) is 0 Å². The number of halogens is 2.